The SMILES string of the molecule is Cc1cccc2c(N3CCC(N)CC3)cc(N3CCS(O)(O)c4ccccc4C3)nc12. The Morgan fingerprint density at radius 2 is 1.77 bits per heavy atom. The lowest BCUT2D eigenvalue weighted by Crippen LogP contribution is -2.40. The average Bonchev–Trinajstić information content (AvgIpc) is 2.90. The lowest BCUT2D eigenvalue weighted by atomic mass is 10.0. The zero-order chi connectivity index (χ0) is 21.6. The number of para-hydroxylation sites is 1. The van der Waals surface area contributed by atoms with Crippen LogP contribution in [0.5, 0.6) is 0 Å². The van der Waals surface area contributed by atoms with Gasteiger partial charge in [-0.2, -0.15) is 10.6 Å². The molecular weight excluding hydrogens is 408 g/mol. The van der Waals surface area contributed by atoms with Crippen LogP contribution in [0, 0.1) is 6.92 Å². The quantitative estimate of drug-likeness (QED) is 0.542. The fourth-order valence-electron chi connectivity index (χ4n) is 4.71. The minimum Gasteiger partial charge on any atom is -0.371 e. The highest BCUT2D eigenvalue weighted by molar-refractivity contribution is 8.24. The monoisotopic (exact) mass is 438 g/mol. The van der Waals surface area contributed by atoms with E-state index >= 15 is 0 Å². The third kappa shape index (κ3) is 3.87. The molecule has 1 fully saturated rings. The molecule has 0 amide bonds. The van der Waals surface area contributed by atoms with Crippen molar-refractivity contribution in [3.05, 3.63) is 59.7 Å². The second-order valence-electron chi connectivity index (χ2n) is 8.70. The summed E-state index contributed by atoms with van der Waals surface area (Å²) >= 11 is 0. The average molecular weight is 439 g/mol. The van der Waals surface area contributed by atoms with E-state index in [9.17, 15) is 9.11 Å². The van der Waals surface area contributed by atoms with Crippen molar-refractivity contribution in [2.45, 2.75) is 37.2 Å². The number of hydrogen-bond acceptors (Lipinski definition) is 6. The highest BCUT2D eigenvalue weighted by Gasteiger charge is 2.27. The molecule has 7 heteroatoms. The Labute approximate surface area is 185 Å². The Kier molecular flexibility index (Phi) is 5.30. The molecule has 3 aromatic rings. The first-order valence-electron chi connectivity index (χ1n) is 10.9. The van der Waals surface area contributed by atoms with Crippen molar-refractivity contribution in [1.29, 1.82) is 0 Å². The maximum Gasteiger partial charge on any atom is 0.131 e. The third-order valence-electron chi connectivity index (χ3n) is 6.54. The van der Waals surface area contributed by atoms with Crippen molar-refractivity contribution in [1.82, 2.24) is 4.98 Å². The minimum absolute atomic E-state index is 0.276. The molecule has 0 aliphatic carbocycles. The van der Waals surface area contributed by atoms with Gasteiger partial charge in [-0.25, -0.2) is 4.98 Å². The van der Waals surface area contributed by atoms with Gasteiger partial charge in [-0.15, -0.1) is 0 Å². The molecule has 3 heterocycles. The van der Waals surface area contributed by atoms with E-state index in [2.05, 4.69) is 41.0 Å². The van der Waals surface area contributed by atoms with Gasteiger partial charge in [0.2, 0.25) is 0 Å². The number of piperidine rings is 1. The number of nitrogens with two attached hydrogens (primary N) is 1. The molecule has 0 radical (unpaired) electrons. The first-order chi connectivity index (χ1) is 14.9. The number of nitrogens with zero attached hydrogens (tertiary/aromatic N) is 3. The summed E-state index contributed by atoms with van der Waals surface area (Å²) in [6, 6.07) is 16.5. The van der Waals surface area contributed by atoms with Crippen LogP contribution in [-0.2, 0) is 6.54 Å². The van der Waals surface area contributed by atoms with Crippen LogP contribution in [0.15, 0.2) is 53.4 Å². The number of benzene rings is 2. The van der Waals surface area contributed by atoms with Gasteiger partial charge in [-0.3, -0.25) is 9.11 Å². The van der Waals surface area contributed by atoms with Gasteiger partial charge < -0.3 is 15.5 Å². The molecule has 0 atom stereocenters. The lowest BCUT2D eigenvalue weighted by Gasteiger charge is -2.34. The Bertz CT molecular complexity index is 1110. The number of anilines is 2. The summed E-state index contributed by atoms with van der Waals surface area (Å²) in [6.45, 7) is 5.14. The first kappa shape index (κ1) is 20.6. The summed E-state index contributed by atoms with van der Waals surface area (Å²) in [5, 5.41) is 1.17. The molecule has 1 aromatic heterocycles. The largest absolute Gasteiger partial charge is 0.371 e. The summed E-state index contributed by atoms with van der Waals surface area (Å²) < 4.78 is 21.5. The smallest absolute Gasteiger partial charge is 0.131 e. The molecule has 6 nitrogen and oxygen atoms in total. The van der Waals surface area contributed by atoms with Gasteiger partial charge in [0, 0.05) is 49.4 Å². The highest BCUT2D eigenvalue weighted by Crippen LogP contribution is 2.51. The Hall–Kier alpha value is -2.32. The van der Waals surface area contributed by atoms with E-state index in [0.29, 0.717) is 23.7 Å². The van der Waals surface area contributed by atoms with Crippen LogP contribution >= 0.6 is 10.6 Å². The van der Waals surface area contributed by atoms with Crippen molar-refractivity contribution in [2.24, 2.45) is 5.73 Å². The Balaban J connectivity index is 1.60. The topological polar surface area (TPSA) is 85.9 Å². The van der Waals surface area contributed by atoms with Crippen molar-refractivity contribution >= 4 is 33.0 Å². The fraction of sp³-hybridized carbons (Fsp3) is 0.375. The summed E-state index contributed by atoms with van der Waals surface area (Å²) in [7, 11) is -2.80. The van der Waals surface area contributed by atoms with Gasteiger partial charge in [-0.05, 0) is 37.0 Å². The zero-order valence-electron chi connectivity index (χ0n) is 17.9. The van der Waals surface area contributed by atoms with Crippen molar-refractivity contribution in [3.8, 4) is 0 Å². The van der Waals surface area contributed by atoms with Gasteiger partial charge >= 0.3 is 0 Å². The molecule has 31 heavy (non-hydrogen) atoms. The number of aromatic nitrogens is 1. The van der Waals surface area contributed by atoms with Crippen LogP contribution in [0.4, 0.5) is 11.5 Å². The van der Waals surface area contributed by atoms with Gasteiger partial charge in [0.15, 0.2) is 0 Å². The molecule has 1 saturated heterocycles. The lowest BCUT2D eigenvalue weighted by molar-refractivity contribution is 0.488. The summed E-state index contributed by atoms with van der Waals surface area (Å²) in [5.41, 5.74) is 10.5. The van der Waals surface area contributed by atoms with Crippen LogP contribution in [0.3, 0.4) is 0 Å². The number of aryl methyl sites for hydroxylation is 1. The second kappa shape index (κ2) is 7.98. The molecule has 2 aliphatic heterocycles. The second-order valence-corrected chi connectivity index (χ2v) is 10.9. The van der Waals surface area contributed by atoms with E-state index in [1.54, 1.807) is 0 Å². The molecule has 0 spiro atoms. The van der Waals surface area contributed by atoms with Crippen LogP contribution in [0.2, 0.25) is 0 Å². The standard InChI is InChI=1S/C24H30N4O2S/c1-17-5-4-7-20-21(27-11-9-19(25)10-12-27)15-23(26-24(17)20)28-13-14-31(29,30)22-8-3-2-6-18(22)16-28/h2-8,15,19,29-30H,9-14,16,25H2,1H3. The van der Waals surface area contributed by atoms with Crippen LogP contribution in [0.1, 0.15) is 24.0 Å². The maximum absolute atomic E-state index is 10.7. The van der Waals surface area contributed by atoms with Gasteiger partial charge in [0.1, 0.15) is 5.82 Å². The van der Waals surface area contributed by atoms with Crippen molar-refractivity contribution < 1.29 is 9.11 Å². The van der Waals surface area contributed by atoms with Crippen LogP contribution < -0.4 is 15.5 Å². The van der Waals surface area contributed by atoms with E-state index in [4.69, 9.17) is 10.7 Å². The van der Waals surface area contributed by atoms with E-state index in [1.165, 1.54) is 11.1 Å². The van der Waals surface area contributed by atoms with Crippen molar-refractivity contribution in [3.63, 3.8) is 0 Å². The fourth-order valence-corrected chi connectivity index (χ4v) is 6.25. The van der Waals surface area contributed by atoms with E-state index < -0.39 is 10.6 Å². The summed E-state index contributed by atoms with van der Waals surface area (Å²) in [5.74, 6) is 1.20. The minimum atomic E-state index is -2.80. The maximum atomic E-state index is 10.7. The number of fused-ring (bicyclic) bond motifs is 2. The number of pyridine rings is 1. The molecule has 5 rings (SSSR count). The first-order valence-corrected chi connectivity index (χ1v) is 12.6. The number of rotatable bonds is 2. The third-order valence-corrected chi connectivity index (χ3v) is 8.40. The highest BCUT2D eigenvalue weighted by atomic mass is 32.3. The van der Waals surface area contributed by atoms with E-state index in [1.807, 2.05) is 24.3 Å². The Morgan fingerprint density at radius 1 is 1.00 bits per heavy atom. The van der Waals surface area contributed by atoms with E-state index in [-0.39, 0.29) is 6.04 Å². The molecule has 0 unspecified atom stereocenters. The molecule has 4 N–H and O–H groups in total. The molecule has 0 bridgehead atoms. The van der Waals surface area contributed by atoms with Crippen LogP contribution in [-0.4, -0.2) is 45.5 Å². The zero-order valence-corrected chi connectivity index (χ0v) is 18.7. The predicted octanol–water partition coefficient (Wildman–Crippen LogP) is 4.60. The summed E-state index contributed by atoms with van der Waals surface area (Å²) in [6.07, 6.45) is 1.98. The van der Waals surface area contributed by atoms with Gasteiger partial charge in [-0.1, -0.05) is 36.4 Å². The summed E-state index contributed by atoms with van der Waals surface area (Å²) in [4.78, 5) is 10.3. The van der Waals surface area contributed by atoms with E-state index in [0.717, 1.165) is 48.4 Å². The molecular formula is C24H30N4O2S. The molecule has 2 aromatic carbocycles. The molecule has 164 valence electrons. The molecule has 2 aliphatic rings. The number of hydrogen-bond donors (Lipinski definition) is 3. The molecule has 0 saturated carbocycles. The Morgan fingerprint density at radius 3 is 2.58 bits per heavy atom. The van der Waals surface area contributed by atoms with Crippen molar-refractivity contribution in [2.75, 3.05) is 35.2 Å². The van der Waals surface area contributed by atoms with Gasteiger partial charge in [0.05, 0.1) is 16.2 Å². The van der Waals surface area contributed by atoms with Crippen LogP contribution in [0.25, 0.3) is 10.9 Å². The normalized spacial score (nSPS) is 20.4. The predicted molar refractivity (Wildman–Crippen MR) is 129 cm³/mol. The van der Waals surface area contributed by atoms with Gasteiger partial charge in [0.25, 0.3) is 0 Å².